The number of carbonyl (C=O) groups excluding carboxylic acids is 1. The van der Waals surface area contributed by atoms with E-state index in [1.54, 1.807) is 0 Å². The summed E-state index contributed by atoms with van der Waals surface area (Å²) >= 11 is 0. The molecule has 0 saturated carbocycles. The molecule has 1 atom stereocenters. The highest BCUT2D eigenvalue weighted by molar-refractivity contribution is 5.80. The Hall–Kier alpha value is -1.32. The van der Waals surface area contributed by atoms with Crippen LogP contribution in [0.3, 0.4) is 0 Å². The van der Waals surface area contributed by atoms with E-state index < -0.39 is 0 Å². The fraction of sp³-hybridized carbons (Fsp3) is 0.733. The van der Waals surface area contributed by atoms with Crippen LogP contribution < -0.4 is 5.32 Å². The van der Waals surface area contributed by atoms with Crippen LogP contribution in [-0.4, -0.2) is 21.5 Å². The van der Waals surface area contributed by atoms with E-state index in [2.05, 4.69) is 28.7 Å². The van der Waals surface area contributed by atoms with Crippen LogP contribution in [0.5, 0.6) is 0 Å². The Morgan fingerprint density at radius 2 is 2.05 bits per heavy atom. The summed E-state index contributed by atoms with van der Waals surface area (Å²) in [7, 11) is 0. The van der Waals surface area contributed by atoms with Gasteiger partial charge in [-0.1, -0.05) is 13.8 Å². The Morgan fingerprint density at radius 3 is 2.74 bits per heavy atom. The number of aryl methyl sites for hydroxylation is 1. The number of hydrogen-bond acceptors (Lipinski definition) is 2. The van der Waals surface area contributed by atoms with Crippen LogP contribution in [0, 0.1) is 0 Å². The predicted molar refractivity (Wildman–Crippen MR) is 76.1 cm³/mol. The second kappa shape index (κ2) is 6.22. The largest absolute Gasteiger partial charge is 0.352 e. The topological polar surface area (TPSA) is 46.9 Å². The zero-order valence-electron chi connectivity index (χ0n) is 12.3. The van der Waals surface area contributed by atoms with Crippen LogP contribution in [0.15, 0.2) is 6.33 Å². The van der Waals surface area contributed by atoms with Crippen molar-refractivity contribution in [1.82, 2.24) is 14.9 Å². The first-order chi connectivity index (χ1) is 9.17. The number of imidazole rings is 1. The monoisotopic (exact) mass is 263 g/mol. The average molecular weight is 263 g/mol. The minimum Gasteiger partial charge on any atom is -0.352 e. The molecule has 1 aliphatic carbocycles. The molecule has 0 aromatic carbocycles. The summed E-state index contributed by atoms with van der Waals surface area (Å²) in [5, 5.41) is 3.12. The molecule has 0 bridgehead atoms. The first kappa shape index (κ1) is 14.1. The van der Waals surface area contributed by atoms with E-state index in [1.165, 1.54) is 24.2 Å². The highest BCUT2D eigenvalue weighted by atomic mass is 16.2. The zero-order chi connectivity index (χ0) is 13.8. The van der Waals surface area contributed by atoms with Gasteiger partial charge in [-0.2, -0.15) is 0 Å². The number of carbonyl (C=O) groups is 1. The predicted octanol–water partition coefficient (Wildman–Crippen LogP) is 2.63. The van der Waals surface area contributed by atoms with E-state index in [1.807, 2.05) is 13.3 Å². The lowest BCUT2D eigenvalue weighted by atomic mass is 10.0. The van der Waals surface area contributed by atoms with E-state index in [-0.39, 0.29) is 18.0 Å². The maximum Gasteiger partial charge on any atom is 0.243 e. The third-order valence-electron chi connectivity index (χ3n) is 4.19. The van der Waals surface area contributed by atoms with Crippen LogP contribution in [0.2, 0.25) is 0 Å². The lowest BCUT2D eigenvalue weighted by molar-refractivity contribution is -0.124. The highest BCUT2D eigenvalue weighted by Crippen LogP contribution is 2.23. The van der Waals surface area contributed by atoms with Crippen molar-refractivity contribution in [2.45, 2.75) is 71.4 Å². The molecule has 106 valence electrons. The molecule has 1 N–H and O–H groups in total. The molecule has 0 radical (unpaired) electrons. The number of rotatable bonds is 5. The van der Waals surface area contributed by atoms with Gasteiger partial charge in [-0.3, -0.25) is 4.79 Å². The van der Waals surface area contributed by atoms with Crippen molar-refractivity contribution in [3.8, 4) is 0 Å². The first-order valence-electron chi connectivity index (χ1n) is 7.52. The summed E-state index contributed by atoms with van der Waals surface area (Å²) in [5.74, 6) is 0.111. The molecule has 0 fully saturated rings. The zero-order valence-corrected chi connectivity index (χ0v) is 12.3. The van der Waals surface area contributed by atoms with Crippen LogP contribution in [0.25, 0.3) is 0 Å². The van der Waals surface area contributed by atoms with Gasteiger partial charge in [0.2, 0.25) is 5.91 Å². The van der Waals surface area contributed by atoms with Crippen LogP contribution >= 0.6 is 0 Å². The number of aromatic nitrogens is 2. The van der Waals surface area contributed by atoms with Gasteiger partial charge in [0.15, 0.2) is 0 Å². The second-order valence-electron chi connectivity index (χ2n) is 5.45. The smallest absolute Gasteiger partial charge is 0.243 e. The molecule has 1 aromatic rings. The van der Waals surface area contributed by atoms with Crippen molar-refractivity contribution in [3.05, 3.63) is 17.7 Å². The molecule has 0 aliphatic heterocycles. The van der Waals surface area contributed by atoms with Gasteiger partial charge in [0.25, 0.3) is 0 Å². The number of nitrogens with zero attached hydrogens (tertiary/aromatic N) is 2. The summed E-state index contributed by atoms with van der Waals surface area (Å²) in [5.41, 5.74) is 2.45. The van der Waals surface area contributed by atoms with Gasteiger partial charge in [-0.25, -0.2) is 4.98 Å². The number of nitrogens with one attached hydrogen (secondary N) is 1. The van der Waals surface area contributed by atoms with Gasteiger partial charge in [-0.05, 0) is 45.4 Å². The molecule has 4 heteroatoms. The molecule has 1 aromatic heterocycles. The number of fused-ring (bicyclic) bond motifs is 1. The number of amides is 1. The Balaban J connectivity index is 2.08. The van der Waals surface area contributed by atoms with Crippen molar-refractivity contribution < 1.29 is 4.79 Å². The van der Waals surface area contributed by atoms with E-state index in [0.717, 1.165) is 25.7 Å². The van der Waals surface area contributed by atoms with Crippen LogP contribution in [-0.2, 0) is 17.6 Å². The quantitative estimate of drug-likeness (QED) is 0.887. The molecule has 2 rings (SSSR count). The van der Waals surface area contributed by atoms with E-state index in [0.29, 0.717) is 0 Å². The summed E-state index contributed by atoms with van der Waals surface area (Å²) in [6.45, 7) is 6.19. The maximum absolute atomic E-state index is 12.3. The van der Waals surface area contributed by atoms with Gasteiger partial charge < -0.3 is 9.88 Å². The van der Waals surface area contributed by atoms with Gasteiger partial charge in [-0.15, -0.1) is 0 Å². The molecule has 19 heavy (non-hydrogen) atoms. The summed E-state index contributed by atoms with van der Waals surface area (Å²) in [4.78, 5) is 16.8. The standard InChI is InChI=1S/C15H25N3O/c1-4-12(5-2)17-15(19)11(3)18-10-16-13-8-6-7-9-14(13)18/h10-12H,4-9H2,1-3H3,(H,17,19). The van der Waals surface area contributed by atoms with E-state index in [9.17, 15) is 4.79 Å². The Bertz CT molecular complexity index is 435. The molecule has 4 nitrogen and oxygen atoms in total. The van der Waals surface area contributed by atoms with E-state index in [4.69, 9.17) is 0 Å². The average Bonchev–Trinajstić information content (AvgIpc) is 2.87. The lowest BCUT2D eigenvalue weighted by Gasteiger charge is -2.22. The SMILES string of the molecule is CCC(CC)NC(=O)C(C)n1cnc2c1CCCC2. The highest BCUT2D eigenvalue weighted by Gasteiger charge is 2.23. The summed E-state index contributed by atoms with van der Waals surface area (Å²) in [6, 6.07) is 0.129. The Labute approximate surface area is 115 Å². The molecule has 1 heterocycles. The summed E-state index contributed by atoms with van der Waals surface area (Å²) < 4.78 is 2.06. The molecular weight excluding hydrogens is 238 g/mol. The van der Waals surface area contributed by atoms with Gasteiger partial charge in [0.05, 0.1) is 12.0 Å². The third-order valence-corrected chi connectivity index (χ3v) is 4.19. The minimum atomic E-state index is -0.157. The second-order valence-corrected chi connectivity index (χ2v) is 5.45. The normalized spacial score (nSPS) is 16.2. The van der Waals surface area contributed by atoms with Crippen molar-refractivity contribution >= 4 is 5.91 Å². The Kier molecular flexibility index (Phi) is 4.61. The Morgan fingerprint density at radius 1 is 1.37 bits per heavy atom. The molecule has 0 saturated heterocycles. The van der Waals surface area contributed by atoms with Crippen molar-refractivity contribution in [1.29, 1.82) is 0 Å². The van der Waals surface area contributed by atoms with Gasteiger partial charge >= 0.3 is 0 Å². The van der Waals surface area contributed by atoms with Crippen LogP contribution in [0.4, 0.5) is 0 Å². The van der Waals surface area contributed by atoms with Crippen molar-refractivity contribution in [2.75, 3.05) is 0 Å². The van der Waals surface area contributed by atoms with Gasteiger partial charge in [0, 0.05) is 11.7 Å². The number of hydrogen-bond donors (Lipinski definition) is 1. The maximum atomic E-state index is 12.3. The molecular formula is C15H25N3O. The molecule has 1 aliphatic rings. The van der Waals surface area contributed by atoms with Crippen molar-refractivity contribution in [2.24, 2.45) is 0 Å². The minimum absolute atomic E-state index is 0.111. The molecule has 1 unspecified atom stereocenters. The third kappa shape index (κ3) is 2.99. The summed E-state index contributed by atoms with van der Waals surface area (Å²) in [6.07, 6.45) is 8.35. The van der Waals surface area contributed by atoms with Gasteiger partial charge in [0.1, 0.15) is 6.04 Å². The molecule has 0 spiro atoms. The first-order valence-corrected chi connectivity index (χ1v) is 7.52. The van der Waals surface area contributed by atoms with Crippen molar-refractivity contribution in [3.63, 3.8) is 0 Å². The lowest BCUT2D eigenvalue weighted by Crippen LogP contribution is -2.38. The fourth-order valence-corrected chi connectivity index (χ4v) is 2.77. The fourth-order valence-electron chi connectivity index (χ4n) is 2.77. The van der Waals surface area contributed by atoms with E-state index >= 15 is 0 Å². The molecule has 1 amide bonds. The van der Waals surface area contributed by atoms with Crippen LogP contribution in [0.1, 0.15) is 63.9 Å².